The van der Waals surface area contributed by atoms with Gasteiger partial charge in [-0.2, -0.15) is 0 Å². The standard InChI is InChI=1S/C19H21Cl2N3O2/c1-6-23-18(13-8-15(21)16(26-5)9-14(13)20)22-24-11(4)7-12(10(2)3)17(24)19(23)25/h7-10H,6H2,1-5H3. The molecule has 0 unspecified atom stereocenters. The summed E-state index contributed by atoms with van der Waals surface area (Å²) in [6.45, 7) is 8.46. The molecule has 138 valence electrons. The van der Waals surface area contributed by atoms with Crippen LogP contribution in [-0.2, 0) is 6.54 Å². The van der Waals surface area contributed by atoms with Crippen LogP contribution in [0.5, 0.6) is 5.75 Å². The summed E-state index contributed by atoms with van der Waals surface area (Å²) < 4.78 is 8.54. The summed E-state index contributed by atoms with van der Waals surface area (Å²) in [5, 5.41) is 5.57. The van der Waals surface area contributed by atoms with Gasteiger partial charge in [0.15, 0.2) is 5.82 Å². The van der Waals surface area contributed by atoms with Crippen molar-refractivity contribution in [1.29, 1.82) is 0 Å². The molecule has 0 saturated carbocycles. The van der Waals surface area contributed by atoms with Crippen LogP contribution in [0.1, 0.15) is 37.9 Å². The fourth-order valence-electron chi connectivity index (χ4n) is 3.16. The second-order valence-corrected chi connectivity index (χ2v) is 7.31. The molecule has 0 bridgehead atoms. The van der Waals surface area contributed by atoms with Crippen LogP contribution >= 0.6 is 23.2 Å². The summed E-state index contributed by atoms with van der Waals surface area (Å²) in [6.07, 6.45) is 0. The van der Waals surface area contributed by atoms with Gasteiger partial charge in [-0.15, -0.1) is 5.10 Å². The maximum Gasteiger partial charge on any atom is 0.278 e. The highest BCUT2D eigenvalue weighted by molar-refractivity contribution is 6.36. The van der Waals surface area contributed by atoms with Crippen LogP contribution in [0.2, 0.25) is 10.0 Å². The van der Waals surface area contributed by atoms with Gasteiger partial charge in [0, 0.05) is 23.9 Å². The first-order valence-corrected chi connectivity index (χ1v) is 9.22. The van der Waals surface area contributed by atoms with E-state index in [1.54, 1.807) is 21.2 Å². The van der Waals surface area contributed by atoms with Crippen LogP contribution in [0.3, 0.4) is 0 Å². The Bertz CT molecular complexity index is 1050. The zero-order valence-corrected chi connectivity index (χ0v) is 16.9. The summed E-state index contributed by atoms with van der Waals surface area (Å²) in [5.41, 5.74) is 3.02. The number of nitrogens with zero attached hydrogens (tertiary/aromatic N) is 3. The minimum absolute atomic E-state index is 0.0858. The molecule has 0 aliphatic heterocycles. The Hall–Kier alpha value is -1.98. The second-order valence-electron chi connectivity index (χ2n) is 6.50. The Morgan fingerprint density at radius 1 is 1.19 bits per heavy atom. The van der Waals surface area contributed by atoms with Crippen LogP contribution in [0.25, 0.3) is 16.9 Å². The van der Waals surface area contributed by atoms with Gasteiger partial charge in [-0.25, -0.2) is 4.52 Å². The molecule has 3 aromatic rings. The number of ether oxygens (including phenoxy) is 1. The molecule has 0 saturated heterocycles. The zero-order valence-electron chi connectivity index (χ0n) is 15.4. The molecule has 0 N–H and O–H groups in total. The molecule has 3 rings (SSSR count). The van der Waals surface area contributed by atoms with E-state index in [1.165, 1.54) is 7.11 Å². The molecule has 2 aromatic heterocycles. The van der Waals surface area contributed by atoms with Crippen molar-refractivity contribution in [2.24, 2.45) is 0 Å². The fourth-order valence-corrected chi connectivity index (χ4v) is 3.64. The Labute approximate surface area is 162 Å². The molecule has 2 heterocycles. The van der Waals surface area contributed by atoms with Crippen molar-refractivity contribution in [3.8, 4) is 17.1 Å². The largest absolute Gasteiger partial charge is 0.495 e. The van der Waals surface area contributed by atoms with Gasteiger partial charge in [0.1, 0.15) is 11.3 Å². The lowest BCUT2D eigenvalue weighted by molar-refractivity contribution is 0.415. The first-order chi connectivity index (χ1) is 12.3. The maximum absolute atomic E-state index is 13.2. The lowest BCUT2D eigenvalue weighted by Crippen LogP contribution is -2.26. The van der Waals surface area contributed by atoms with Gasteiger partial charge >= 0.3 is 0 Å². The molecular weight excluding hydrogens is 373 g/mol. The Morgan fingerprint density at radius 2 is 1.88 bits per heavy atom. The van der Waals surface area contributed by atoms with E-state index < -0.39 is 0 Å². The highest BCUT2D eigenvalue weighted by atomic mass is 35.5. The number of hydrogen-bond donors (Lipinski definition) is 0. The minimum Gasteiger partial charge on any atom is -0.495 e. The summed E-state index contributed by atoms with van der Waals surface area (Å²) in [4.78, 5) is 13.2. The van der Waals surface area contributed by atoms with Crippen LogP contribution in [-0.4, -0.2) is 21.3 Å². The average Bonchev–Trinajstić information content (AvgIpc) is 2.94. The molecule has 26 heavy (non-hydrogen) atoms. The molecule has 0 aliphatic carbocycles. The van der Waals surface area contributed by atoms with Crippen LogP contribution in [0.15, 0.2) is 23.0 Å². The normalized spacial score (nSPS) is 11.5. The lowest BCUT2D eigenvalue weighted by atomic mass is 10.1. The van der Waals surface area contributed by atoms with E-state index in [9.17, 15) is 4.79 Å². The predicted molar refractivity (Wildman–Crippen MR) is 106 cm³/mol. The van der Waals surface area contributed by atoms with Gasteiger partial charge in [0.2, 0.25) is 0 Å². The van der Waals surface area contributed by atoms with Crippen molar-refractivity contribution in [2.75, 3.05) is 7.11 Å². The van der Waals surface area contributed by atoms with Crippen molar-refractivity contribution in [2.45, 2.75) is 40.2 Å². The van der Waals surface area contributed by atoms with Gasteiger partial charge < -0.3 is 4.74 Å². The van der Waals surface area contributed by atoms with E-state index in [4.69, 9.17) is 33.0 Å². The lowest BCUT2D eigenvalue weighted by Gasteiger charge is -2.15. The minimum atomic E-state index is -0.0858. The first-order valence-electron chi connectivity index (χ1n) is 8.46. The SMILES string of the molecule is CCn1c(-c2cc(Cl)c(OC)cc2Cl)nn2c(C)cc(C(C)C)c2c1=O. The van der Waals surface area contributed by atoms with Gasteiger partial charge in [0.25, 0.3) is 5.56 Å². The van der Waals surface area contributed by atoms with Crippen molar-refractivity contribution in [3.05, 3.63) is 49.9 Å². The topological polar surface area (TPSA) is 48.5 Å². The van der Waals surface area contributed by atoms with Crippen LogP contribution < -0.4 is 10.3 Å². The van der Waals surface area contributed by atoms with Crippen molar-refractivity contribution < 1.29 is 4.74 Å². The van der Waals surface area contributed by atoms with Crippen molar-refractivity contribution in [3.63, 3.8) is 0 Å². The molecule has 1 aromatic carbocycles. The van der Waals surface area contributed by atoms with E-state index in [1.807, 2.05) is 19.9 Å². The fraction of sp³-hybridized carbons (Fsp3) is 0.368. The number of benzene rings is 1. The van der Waals surface area contributed by atoms with E-state index >= 15 is 0 Å². The van der Waals surface area contributed by atoms with Gasteiger partial charge in [-0.05, 0) is 37.5 Å². The number of hydrogen-bond acceptors (Lipinski definition) is 3. The highest BCUT2D eigenvalue weighted by Gasteiger charge is 2.21. The highest BCUT2D eigenvalue weighted by Crippen LogP contribution is 2.36. The monoisotopic (exact) mass is 393 g/mol. The molecule has 7 heteroatoms. The van der Waals surface area contributed by atoms with Crippen molar-refractivity contribution in [1.82, 2.24) is 14.2 Å². The number of fused-ring (bicyclic) bond motifs is 1. The number of aromatic nitrogens is 3. The molecule has 0 fully saturated rings. The van der Waals surface area contributed by atoms with Gasteiger partial charge in [0.05, 0.1) is 17.2 Å². The summed E-state index contributed by atoms with van der Waals surface area (Å²) in [6, 6.07) is 5.34. The summed E-state index contributed by atoms with van der Waals surface area (Å²) in [5.74, 6) is 1.18. The number of halogens is 2. The number of aryl methyl sites for hydroxylation is 1. The third-order valence-corrected chi connectivity index (χ3v) is 5.11. The van der Waals surface area contributed by atoms with E-state index in [0.29, 0.717) is 39.2 Å². The first kappa shape index (κ1) is 18.8. The summed E-state index contributed by atoms with van der Waals surface area (Å²) >= 11 is 12.7. The second kappa shape index (κ2) is 6.97. The Morgan fingerprint density at radius 3 is 2.46 bits per heavy atom. The van der Waals surface area contributed by atoms with Gasteiger partial charge in [-0.3, -0.25) is 9.36 Å². The zero-order chi connectivity index (χ0) is 19.2. The van der Waals surface area contributed by atoms with Crippen LogP contribution in [0.4, 0.5) is 0 Å². The molecule has 0 radical (unpaired) electrons. The third kappa shape index (κ3) is 2.89. The number of methoxy groups -OCH3 is 1. The molecule has 0 spiro atoms. The summed E-state index contributed by atoms with van der Waals surface area (Å²) in [7, 11) is 1.53. The van der Waals surface area contributed by atoms with E-state index in [0.717, 1.165) is 11.3 Å². The smallest absolute Gasteiger partial charge is 0.278 e. The van der Waals surface area contributed by atoms with E-state index in [2.05, 4.69) is 13.8 Å². The molecular formula is C19H21Cl2N3O2. The predicted octanol–water partition coefficient (Wildman–Crippen LogP) is 4.93. The van der Waals surface area contributed by atoms with Crippen molar-refractivity contribution >= 4 is 28.7 Å². The van der Waals surface area contributed by atoms with Gasteiger partial charge in [-0.1, -0.05) is 37.0 Å². The molecule has 0 aliphatic rings. The third-order valence-electron chi connectivity index (χ3n) is 4.50. The Kier molecular flexibility index (Phi) is 5.04. The molecule has 0 amide bonds. The van der Waals surface area contributed by atoms with Crippen LogP contribution in [0, 0.1) is 6.92 Å². The van der Waals surface area contributed by atoms with E-state index in [-0.39, 0.29) is 11.5 Å². The number of rotatable bonds is 4. The molecule has 5 nitrogen and oxygen atoms in total. The maximum atomic E-state index is 13.2. The average molecular weight is 394 g/mol. The molecule has 0 atom stereocenters. The Balaban J connectivity index is 2.40. The quantitative estimate of drug-likeness (QED) is 0.631.